The smallest absolute Gasteiger partial charge is 0.166 e. The molecule has 0 saturated carbocycles. The van der Waals surface area contributed by atoms with Gasteiger partial charge in [0.2, 0.25) is 0 Å². The van der Waals surface area contributed by atoms with Crippen molar-refractivity contribution in [2.75, 3.05) is 0 Å². The molecule has 0 radical (unpaired) electrons. The van der Waals surface area contributed by atoms with Gasteiger partial charge in [0.15, 0.2) is 12.1 Å². The van der Waals surface area contributed by atoms with Crippen LogP contribution in [-0.2, 0) is 6.61 Å². The van der Waals surface area contributed by atoms with E-state index in [1.54, 1.807) is 18.5 Å². The highest BCUT2D eigenvalue weighted by atomic mass is 19.1. The topological polar surface area (TPSA) is 52.1 Å². The minimum absolute atomic E-state index is 0.132. The molecular weight excluding hydrogens is 223 g/mol. The van der Waals surface area contributed by atoms with E-state index in [4.69, 9.17) is 4.74 Å². The third-order valence-electron chi connectivity index (χ3n) is 2.07. The van der Waals surface area contributed by atoms with Crippen LogP contribution >= 0.6 is 0 Å². The van der Waals surface area contributed by atoms with Crippen LogP contribution in [-0.4, -0.2) is 16.3 Å². The molecule has 1 aromatic carbocycles. The lowest BCUT2D eigenvalue weighted by molar-refractivity contribution is 0.111. The molecule has 0 amide bonds. The predicted octanol–water partition coefficient (Wildman–Crippen LogP) is 2.01. The molecular formula is C12H9FN2O2. The SMILES string of the molecule is O=Cc1cc(F)ccc1OCc1ncccn1. The quantitative estimate of drug-likeness (QED) is 0.756. The van der Waals surface area contributed by atoms with Crippen LogP contribution < -0.4 is 4.74 Å². The molecule has 4 nitrogen and oxygen atoms in total. The molecule has 0 fully saturated rings. The average molecular weight is 232 g/mol. The van der Waals surface area contributed by atoms with E-state index in [1.807, 2.05) is 0 Å². The molecule has 86 valence electrons. The third-order valence-corrected chi connectivity index (χ3v) is 2.07. The van der Waals surface area contributed by atoms with Crippen molar-refractivity contribution in [2.24, 2.45) is 0 Å². The predicted molar refractivity (Wildman–Crippen MR) is 58.2 cm³/mol. The molecule has 0 atom stereocenters. The van der Waals surface area contributed by atoms with Crippen LogP contribution in [0.1, 0.15) is 16.2 Å². The second-order valence-electron chi connectivity index (χ2n) is 3.25. The van der Waals surface area contributed by atoms with E-state index >= 15 is 0 Å². The minimum Gasteiger partial charge on any atom is -0.485 e. The van der Waals surface area contributed by atoms with Gasteiger partial charge in [-0.25, -0.2) is 14.4 Å². The van der Waals surface area contributed by atoms with Gasteiger partial charge in [0.05, 0.1) is 5.56 Å². The largest absolute Gasteiger partial charge is 0.485 e. The number of benzene rings is 1. The van der Waals surface area contributed by atoms with E-state index in [2.05, 4.69) is 9.97 Å². The minimum atomic E-state index is -0.476. The standard InChI is InChI=1S/C12H9FN2O2/c13-10-2-3-11(9(6-10)7-16)17-8-12-14-4-1-5-15-12/h1-7H,8H2. The molecule has 0 saturated heterocycles. The molecule has 17 heavy (non-hydrogen) atoms. The summed E-state index contributed by atoms with van der Waals surface area (Å²) in [5, 5.41) is 0. The van der Waals surface area contributed by atoms with E-state index in [0.717, 1.165) is 6.07 Å². The number of ether oxygens (including phenoxy) is 1. The van der Waals surface area contributed by atoms with E-state index < -0.39 is 5.82 Å². The maximum absolute atomic E-state index is 12.9. The lowest BCUT2D eigenvalue weighted by Gasteiger charge is -2.07. The first kappa shape index (κ1) is 11.2. The fourth-order valence-electron chi connectivity index (χ4n) is 1.29. The lowest BCUT2D eigenvalue weighted by Crippen LogP contribution is -2.02. The van der Waals surface area contributed by atoms with Crippen molar-refractivity contribution in [2.45, 2.75) is 6.61 Å². The van der Waals surface area contributed by atoms with Crippen LogP contribution in [0.15, 0.2) is 36.7 Å². The first-order valence-electron chi connectivity index (χ1n) is 4.93. The number of aromatic nitrogens is 2. The molecule has 0 spiro atoms. The van der Waals surface area contributed by atoms with Crippen molar-refractivity contribution < 1.29 is 13.9 Å². The molecule has 0 bridgehead atoms. The summed E-state index contributed by atoms with van der Waals surface area (Å²) >= 11 is 0. The molecule has 0 aliphatic rings. The Morgan fingerprint density at radius 1 is 1.29 bits per heavy atom. The Bertz CT molecular complexity index is 517. The van der Waals surface area contributed by atoms with Gasteiger partial charge in [-0.15, -0.1) is 0 Å². The van der Waals surface area contributed by atoms with E-state index in [-0.39, 0.29) is 12.2 Å². The van der Waals surface area contributed by atoms with Crippen molar-refractivity contribution in [1.29, 1.82) is 0 Å². The second kappa shape index (κ2) is 5.16. The van der Waals surface area contributed by atoms with Crippen molar-refractivity contribution in [3.8, 4) is 5.75 Å². The second-order valence-corrected chi connectivity index (χ2v) is 3.25. The van der Waals surface area contributed by atoms with Gasteiger partial charge in [0.1, 0.15) is 18.2 Å². The van der Waals surface area contributed by atoms with E-state index in [0.29, 0.717) is 17.9 Å². The molecule has 2 aromatic rings. The van der Waals surface area contributed by atoms with Crippen LogP contribution in [0.2, 0.25) is 0 Å². The van der Waals surface area contributed by atoms with Crippen molar-refractivity contribution in [1.82, 2.24) is 9.97 Å². The highest BCUT2D eigenvalue weighted by Crippen LogP contribution is 2.18. The summed E-state index contributed by atoms with van der Waals surface area (Å²) in [5.74, 6) is 0.331. The lowest BCUT2D eigenvalue weighted by atomic mass is 10.2. The molecule has 1 aromatic heterocycles. The van der Waals surface area contributed by atoms with Crippen LogP contribution in [0.5, 0.6) is 5.75 Å². The maximum Gasteiger partial charge on any atom is 0.166 e. The van der Waals surface area contributed by atoms with Gasteiger partial charge in [-0.05, 0) is 24.3 Å². The number of aldehydes is 1. The number of carbonyl (C=O) groups is 1. The van der Waals surface area contributed by atoms with Crippen molar-refractivity contribution in [3.63, 3.8) is 0 Å². The molecule has 0 aliphatic carbocycles. The van der Waals surface area contributed by atoms with E-state index in [1.165, 1.54) is 12.1 Å². The summed E-state index contributed by atoms with van der Waals surface area (Å²) < 4.78 is 18.2. The molecule has 5 heteroatoms. The Hall–Kier alpha value is -2.30. The number of halogens is 1. The summed E-state index contributed by atoms with van der Waals surface area (Å²) in [7, 11) is 0. The molecule has 0 N–H and O–H groups in total. The van der Waals surface area contributed by atoms with Crippen LogP contribution in [0.25, 0.3) is 0 Å². The van der Waals surface area contributed by atoms with Crippen LogP contribution in [0.4, 0.5) is 4.39 Å². The van der Waals surface area contributed by atoms with Gasteiger partial charge in [-0.1, -0.05) is 0 Å². The van der Waals surface area contributed by atoms with Gasteiger partial charge >= 0.3 is 0 Å². The van der Waals surface area contributed by atoms with Crippen LogP contribution in [0.3, 0.4) is 0 Å². The Balaban J connectivity index is 2.11. The van der Waals surface area contributed by atoms with Gasteiger partial charge in [0, 0.05) is 12.4 Å². The van der Waals surface area contributed by atoms with Gasteiger partial charge in [0.25, 0.3) is 0 Å². The first-order chi connectivity index (χ1) is 8.29. The Morgan fingerprint density at radius 3 is 2.76 bits per heavy atom. The summed E-state index contributed by atoms with van der Waals surface area (Å²) in [6.45, 7) is 0.132. The summed E-state index contributed by atoms with van der Waals surface area (Å²) in [6, 6.07) is 5.45. The fraction of sp³-hybridized carbons (Fsp3) is 0.0833. The molecule has 2 rings (SSSR count). The van der Waals surface area contributed by atoms with Crippen molar-refractivity contribution >= 4 is 6.29 Å². The monoisotopic (exact) mass is 232 g/mol. The highest BCUT2D eigenvalue weighted by molar-refractivity contribution is 5.79. The average Bonchev–Trinajstić information content (AvgIpc) is 2.38. The summed E-state index contributed by atoms with van der Waals surface area (Å²) in [4.78, 5) is 18.6. The first-order valence-corrected chi connectivity index (χ1v) is 4.93. The number of hydrogen-bond donors (Lipinski definition) is 0. The van der Waals surface area contributed by atoms with E-state index in [9.17, 15) is 9.18 Å². The fourth-order valence-corrected chi connectivity index (χ4v) is 1.29. The number of hydrogen-bond acceptors (Lipinski definition) is 4. The normalized spacial score (nSPS) is 9.94. The Kier molecular flexibility index (Phi) is 3.40. The zero-order chi connectivity index (χ0) is 12.1. The third kappa shape index (κ3) is 2.84. The Labute approximate surface area is 97.1 Å². The van der Waals surface area contributed by atoms with Gasteiger partial charge in [-0.3, -0.25) is 4.79 Å². The highest BCUT2D eigenvalue weighted by Gasteiger charge is 2.05. The zero-order valence-electron chi connectivity index (χ0n) is 8.84. The maximum atomic E-state index is 12.9. The summed E-state index contributed by atoms with van der Waals surface area (Å²) in [5.41, 5.74) is 0.168. The molecule has 1 heterocycles. The van der Waals surface area contributed by atoms with Gasteiger partial charge in [-0.2, -0.15) is 0 Å². The zero-order valence-corrected chi connectivity index (χ0v) is 8.84. The molecule has 0 unspecified atom stereocenters. The summed E-state index contributed by atoms with van der Waals surface area (Å²) in [6.07, 6.45) is 3.73. The Morgan fingerprint density at radius 2 is 2.06 bits per heavy atom. The number of nitrogens with zero attached hydrogens (tertiary/aromatic N) is 2. The number of carbonyl (C=O) groups excluding carboxylic acids is 1. The van der Waals surface area contributed by atoms with Crippen molar-refractivity contribution in [3.05, 3.63) is 53.9 Å². The van der Waals surface area contributed by atoms with Gasteiger partial charge < -0.3 is 4.74 Å². The van der Waals surface area contributed by atoms with Crippen LogP contribution in [0, 0.1) is 5.82 Å². The number of rotatable bonds is 4. The molecule has 0 aliphatic heterocycles.